The molecule has 2 N–H and O–H groups in total. The molecule has 1 amide bonds. The van der Waals surface area contributed by atoms with Crippen molar-refractivity contribution in [1.29, 1.82) is 0 Å². The monoisotopic (exact) mass is 262 g/mol. The van der Waals surface area contributed by atoms with E-state index in [2.05, 4.69) is 27.8 Å². The minimum absolute atomic E-state index is 0.205. The summed E-state index contributed by atoms with van der Waals surface area (Å²) in [6.45, 7) is 2.24. The Labute approximate surface area is 114 Å². The largest absolute Gasteiger partial charge is 0.366 e. The van der Waals surface area contributed by atoms with Crippen LogP contribution in [0.4, 0.5) is 5.82 Å². The van der Waals surface area contributed by atoms with Crippen LogP contribution in [0.3, 0.4) is 0 Å². The molecule has 1 aliphatic rings. The van der Waals surface area contributed by atoms with Gasteiger partial charge < -0.3 is 10.6 Å². The minimum Gasteiger partial charge on any atom is -0.366 e. The highest BCUT2D eigenvalue weighted by Gasteiger charge is 2.23. The molecule has 0 aromatic carbocycles. The maximum Gasteiger partial charge on any atom is 0.271 e. The Morgan fingerprint density at radius 3 is 2.74 bits per heavy atom. The number of amides is 1. The molecular weight excluding hydrogens is 240 g/mol. The Bertz CT molecular complexity index is 418. The quantitative estimate of drug-likeness (QED) is 0.873. The molecule has 2 atom stereocenters. The van der Waals surface area contributed by atoms with Crippen LogP contribution in [0.25, 0.3) is 0 Å². The summed E-state index contributed by atoms with van der Waals surface area (Å²) in [4.78, 5) is 11.4. The van der Waals surface area contributed by atoms with Crippen molar-refractivity contribution in [1.82, 2.24) is 15.5 Å². The lowest BCUT2D eigenvalue weighted by molar-refractivity contribution is 0.0957. The number of hydrogen-bond acceptors (Lipinski definition) is 4. The third-order valence-corrected chi connectivity index (χ3v) is 3.89. The van der Waals surface area contributed by atoms with Gasteiger partial charge in [0.05, 0.1) is 0 Å². The zero-order chi connectivity index (χ0) is 13.7. The van der Waals surface area contributed by atoms with Crippen LogP contribution >= 0.6 is 0 Å². The van der Waals surface area contributed by atoms with Crippen LogP contribution in [0, 0.1) is 5.92 Å². The van der Waals surface area contributed by atoms with E-state index >= 15 is 0 Å². The van der Waals surface area contributed by atoms with Gasteiger partial charge in [-0.25, -0.2) is 0 Å². The molecule has 104 valence electrons. The van der Waals surface area contributed by atoms with E-state index in [1.54, 1.807) is 13.1 Å². The molecule has 0 aliphatic heterocycles. The highest BCUT2D eigenvalue weighted by molar-refractivity contribution is 5.91. The SMILES string of the molecule is CCC1CCCCC1Nc1ccc(C(=O)NC)nn1. The lowest BCUT2D eigenvalue weighted by atomic mass is 9.83. The zero-order valence-electron chi connectivity index (χ0n) is 11.6. The fourth-order valence-electron chi connectivity index (χ4n) is 2.73. The first kappa shape index (κ1) is 13.8. The van der Waals surface area contributed by atoms with Crippen LogP contribution in [0.15, 0.2) is 12.1 Å². The van der Waals surface area contributed by atoms with E-state index in [0.717, 1.165) is 5.82 Å². The fourth-order valence-corrected chi connectivity index (χ4v) is 2.73. The summed E-state index contributed by atoms with van der Waals surface area (Å²) < 4.78 is 0. The molecule has 1 heterocycles. The Hall–Kier alpha value is -1.65. The maximum absolute atomic E-state index is 11.4. The summed E-state index contributed by atoms with van der Waals surface area (Å²) >= 11 is 0. The van der Waals surface area contributed by atoms with E-state index in [4.69, 9.17) is 0 Å². The van der Waals surface area contributed by atoms with E-state index in [-0.39, 0.29) is 5.91 Å². The van der Waals surface area contributed by atoms with Gasteiger partial charge in [-0.2, -0.15) is 0 Å². The molecule has 1 aromatic heterocycles. The molecule has 5 heteroatoms. The van der Waals surface area contributed by atoms with Crippen molar-refractivity contribution < 1.29 is 4.79 Å². The van der Waals surface area contributed by atoms with Gasteiger partial charge in [-0.05, 0) is 30.9 Å². The van der Waals surface area contributed by atoms with Crippen LogP contribution in [0.1, 0.15) is 49.5 Å². The molecule has 5 nitrogen and oxygen atoms in total. The second kappa shape index (κ2) is 6.50. The summed E-state index contributed by atoms with van der Waals surface area (Å²) in [5.41, 5.74) is 0.351. The van der Waals surface area contributed by atoms with Crippen molar-refractivity contribution in [2.75, 3.05) is 12.4 Å². The van der Waals surface area contributed by atoms with Gasteiger partial charge in [-0.15, -0.1) is 10.2 Å². The summed E-state index contributed by atoms with van der Waals surface area (Å²) in [7, 11) is 1.59. The number of carbonyl (C=O) groups is 1. The van der Waals surface area contributed by atoms with Gasteiger partial charge in [-0.3, -0.25) is 4.79 Å². The van der Waals surface area contributed by atoms with Gasteiger partial charge in [0.2, 0.25) is 0 Å². The predicted molar refractivity (Wildman–Crippen MR) is 75.1 cm³/mol. The first-order chi connectivity index (χ1) is 9.24. The number of nitrogens with one attached hydrogen (secondary N) is 2. The second-order valence-corrected chi connectivity index (χ2v) is 5.09. The van der Waals surface area contributed by atoms with Crippen LogP contribution in [-0.4, -0.2) is 29.2 Å². The number of rotatable bonds is 4. The molecule has 2 unspecified atom stereocenters. The summed E-state index contributed by atoms with van der Waals surface area (Å²) in [6, 6.07) is 4.02. The minimum atomic E-state index is -0.205. The number of nitrogens with zero attached hydrogens (tertiary/aromatic N) is 2. The molecule has 0 spiro atoms. The lowest BCUT2D eigenvalue weighted by Gasteiger charge is -2.31. The Morgan fingerprint density at radius 1 is 1.32 bits per heavy atom. The summed E-state index contributed by atoms with van der Waals surface area (Å²) in [6.07, 6.45) is 6.28. The van der Waals surface area contributed by atoms with Crippen molar-refractivity contribution in [2.24, 2.45) is 5.92 Å². The normalized spacial score (nSPS) is 22.8. The summed E-state index contributed by atoms with van der Waals surface area (Å²) in [5, 5.41) is 14.0. The number of hydrogen-bond donors (Lipinski definition) is 2. The first-order valence-electron chi connectivity index (χ1n) is 7.07. The van der Waals surface area contributed by atoms with Gasteiger partial charge in [0.15, 0.2) is 5.69 Å². The van der Waals surface area contributed by atoms with Crippen LogP contribution in [0.2, 0.25) is 0 Å². The van der Waals surface area contributed by atoms with Gasteiger partial charge >= 0.3 is 0 Å². The van der Waals surface area contributed by atoms with Gasteiger partial charge in [0.25, 0.3) is 5.91 Å². The molecule has 0 bridgehead atoms. The van der Waals surface area contributed by atoms with Crippen LogP contribution in [-0.2, 0) is 0 Å². The van der Waals surface area contributed by atoms with Crippen molar-refractivity contribution >= 4 is 11.7 Å². The Balaban J connectivity index is 2.00. The van der Waals surface area contributed by atoms with Crippen LogP contribution in [0.5, 0.6) is 0 Å². The first-order valence-corrected chi connectivity index (χ1v) is 7.07. The molecular formula is C14H22N4O. The van der Waals surface area contributed by atoms with Gasteiger partial charge in [0, 0.05) is 13.1 Å². The van der Waals surface area contributed by atoms with Gasteiger partial charge in [-0.1, -0.05) is 26.2 Å². The molecule has 1 aliphatic carbocycles. The lowest BCUT2D eigenvalue weighted by Crippen LogP contribution is -2.32. The Kier molecular flexibility index (Phi) is 4.71. The highest BCUT2D eigenvalue weighted by Crippen LogP contribution is 2.28. The van der Waals surface area contributed by atoms with Gasteiger partial charge in [0.1, 0.15) is 5.82 Å². The van der Waals surface area contributed by atoms with Crippen molar-refractivity contribution in [2.45, 2.75) is 45.1 Å². The molecule has 2 rings (SSSR count). The average Bonchev–Trinajstić information content (AvgIpc) is 2.48. The maximum atomic E-state index is 11.4. The molecule has 1 aromatic rings. The summed E-state index contributed by atoms with van der Waals surface area (Å²) in [5.74, 6) is 1.27. The van der Waals surface area contributed by atoms with E-state index < -0.39 is 0 Å². The third-order valence-electron chi connectivity index (χ3n) is 3.89. The van der Waals surface area contributed by atoms with E-state index in [0.29, 0.717) is 17.7 Å². The standard InChI is InChI=1S/C14H22N4O/c1-3-10-6-4-5-7-11(10)16-13-9-8-12(17-18-13)14(19)15-2/h8-11H,3-7H2,1-2H3,(H,15,19)(H,16,18). The highest BCUT2D eigenvalue weighted by atomic mass is 16.1. The number of carbonyl (C=O) groups excluding carboxylic acids is 1. The van der Waals surface area contributed by atoms with E-state index in [1.165, 1.54) is 32.1 Å². The van der Waals surface area contributed by atoms with Crippen LogP contribution < -0.4 is 10.6 Å². The number of anilines is 1. The fraction of sp³-hybridized carbons (Fsp3) is 0.643. The van der Waals surface area contributed by atoms with E-state index in [1.807, 2.05) is 6.07 Å². The smallest absolute Gasteiger partial charge is 0.271 e. The van der Waals surface area contributed by atoms with Crippen molar-refractivity contribution in [3.63, 3.8) is 0 Å². The zero-order valence-corrected chi connectivity index (χ0v) is 11.6. The second-order valence-electron chi connectivity index (χ2n) is 5.09. The molecule has 1 saturated carbocycles. The van der Waals surface area contributed by atoms with E-state index in [9.17, 15) is 4.79 Å². The predicted octanol–water partition coefficient (Wildman–Crippen LogP) is 2.22. The Morgan fingerprint density at radius 2 is 2.11 bits per heavy atom. The third kappa shape index (κ3) is 3.43. The topological polar surface area (TPSA) is 66.9 Å². The average molecular weight is 262 g/mol. The molecule has 0 saturated heterocycles. The molecule has 0 radical (unpaired) electrons. The number of aromatic nitrogens is 2. The molecule has 19 heavy (non-hydrogen) atoms. The van der Waals surface area contributed by atoms with Crippen molar-refractivity contribution in [3.8, 4) is 0 Å². The van der Waals surface area contributed by atoms with Crippen molar-refractivity contribution in [3.05, 3.63) is 17.8 Å². The molecule has 1 fully saturated rings.